The fraction of sp³-hybridized carbons (Fsp3) is 0.500. The summed E-state index contributed by atoms with van der Waals surface area (Å²) >= 11 is 0. The van der Waals surface area contributed by atoms with E-state index in [9.17, 15) is 9.59 Å². The summed E-state index contributed by atoms with van der Waals surface area (Å²) in [4.78, 5) is 25.6. The number of hydrogen-bond donors (Lipinski definition) is 1. The van der Waals surface area contributed by atoms with Crippen LogP contribution in [0.5, 0.6) is 0 Å². The summed E-state index contributed by atoms with van der Waals surface area (Å²) in [7, 11) is 0. The maximum atomic E-state index is 11.9. The van der Waals surface area contributed by atoms with E-state index in [2.05, 4.69) is 19.2 Å². The van der Waals surface area contributed by atoms with Crippen LogP contribution in [0.4, 0.5) is 5.69 Å². The first-order valence-electron chi connectivity index (χ1n) is 7.16. The van der Waals surface area contributed by atoms with Crippen molar-refractivity contribution in [3.8, 4) is 0 Å². The Morgan fingerprint density at radius 1 is 1.35 bits per heavy atom. The Morgan fingerprint density at radius 2 is 2.05 bits per heavy atom. The van der Waals surface area contributed by atoms with Crippen molar-refractivity contribution in [3.63, 3.8) is 0 Å². The fourth-order valence-corrected chi connectivity index (χ4v) is 2.84. The zero-order chi connectivity index (χ0) is 14.9. The third-order valence-electron chi connectivity index (χ3n) is 4.05. The van der Waals surface area contributed by atoms with Gasteiger partial charge in [0.25, 0.3) is 5.91 Å². The minimum Gasteiger partial charge on any atom is -0.352 e. The second-order valence-electron chi connectivity index (χ2n) is 5.51. The number of nitrogens with zero attached hydrogens (tertiary/aromatic N) is 1. The molecule has 1 aromatic carbocycles. The van der Waals surface area contributed by atoms with E-state index in [1.807, 2.05) is 24.0 Å². The number of hydrogen-bond acceptors (Lipinski definition) is 2. The largest absolute Gasteiger partial charge is 0.352 e. The highest BCUT2D eigenvalue weighted by atomic mass is 16.2. The molecule has 0 saturated carbocycles. The van der Waals surface area contributed by atoms with Crippen LogP contribution in [0.25, 0.3) is 0 Å². The van der Waals surface area contributed by atoms with Crippen molar-refractivity contribution in [2.75, 3.05) is 11.4 Å². The molecule has 0 fully saturated rings. The van der Waals surface area contributed by atoms with Crippen molar-refractivity contribution in [2.24, 2.45) is 5.92 Å². The molecule has 2 atom stereocenters. The van der Waals surface area contributed by atoms with Crippen molar-refractivity contribution in [3.05, 3.63) is 29.3 Å². The Labute approximate surface area is 120 Å². The normalized spacial score (nSPS) is 21.3. The van der Waals surface area contributed by atoms with Gasteiger partial charge in [-0.3, -0.25) is 9.59 Å². The Hall–Kier alpha value is -1.84. The van der Waals surface area contributed by atoms with Crippen molar-refractivity contribution in [1.29, 1.82) is 0 Å². The minimum absolute atomic E-state index is 0.0519. The van der Waals surface area contributed by atoms with Crippen LogP contribution in [-0.4, -0.2) is 24.4 Å². The van der Waals surface area contributed by atoms with E-state index in [0.717, 1.165) is 17.7 Å². The number of fused-ring (bicyclic) bond motifs is 1. The van der Waals surface area contributed by atoms with Crippen LogP contribution < -0.4 is 10.2 Å². The van der Waals surface area contributed by atoms with Crippen LogP contribution in [0.15, 0.2) is 18.2 Å². The van der Waals surface area contributed by atoms with Gasteiger partial charge < -0.3 is 10.2 Å². The standard InChI is InChI=1S/C16H22N2O2/c1-5-17-16(20)13-6-7-15-14(9-13)8-10(2)11(3)18(15)12(4)19/h6-7,9-11H,5,8H2,1-4H3,(H,17,20)/t10-,11+/m1/s1. The molecule has 2 amide bonds. The molecule has 0 saturated heterocycles. The van der Waals surface area contributed by atoms with E-state index < -0.39 is 0 Å². The molecule has 4 nitrogen and oxygen atoms in total. The average molecular weight is 274 g/mol. The highest BCUT2D eigenvalue weighted by Crippen LogP contribution is 2.34. The van der Waals surface area contributed by atoms with E-state index in [1.165, 1.54) is 0 Å². The van der Waals surface area contributed by atoms with Crippen LogP contribution in [0, 0.1) is 5.92 Å². The van der Waals surface area contributed by atoms with E-state index in [1.54, 1.807) is 13.0 Å². The topological polar surface area (TPSA) is 49.4 Å². The van der Waals surface area contributed by atoms with Gasteiger partial charge in [0.05, 0.1) is 0 Å². The zero-order valence-corrected chi connectivity index (χ0v) is 12.6. The van der Waals surface area contributed by atoms with E-state index >= 15 is 0 Å². The number of carbonyl (C=O) groups is 2. The summed E-state index contributed by atoms with van der Waals surface area (Å²) in [5.74, 6) is 0.378. The van der Waals surface area contributed by atoms with Gasteiger partial charge in [0.1, 0.15) is 0 Å². The lowest BCUT2D eigenvalue weighted by Crippen LogP contribution is -2.45. The molecule has 0 bridgehead atoms. The number of anilines is 1. The van der Waals surface area contributed by atoms with Gasteiger partial charge in [0.2, 0.25) is 5.91 Å². The van der Waals surface area contributed by atoms with Gasteiger partial charge in [-0.25, -0.2) is 0 Å². The first kappa shape index (κ1) is 14.6. The number of nitrogens with one attached hydrogen (secondary N) is 1. The van der Waals surface area contributed by atoms with E-state index in [-0.39, 0.29) is 17.9 Å². The molecule has 4 heteroatoms. The third-order valence-corrected chi connectivity index (χ3v) is 4.05. The summed E-state index contributed by atoms with van der Waals surface area (Å²) in [6.07, 6.45) is 0.896. The molecule has 1 aliphatic rings. The highest BCUT2D eigenvalue weighted by Gasteiger charge is 2.31. The lowest BCUT2D eigenvalue weighted by atomic mass is 9.87. The molecule has 20 heavy (non-hydrogen) atoms. The van der Waals surface area contributed by atoms with Crippen LogP contribution in [0.3, 0.4) is 0 Å². The molecular formula is C16H22N2O2. The van der Waals surface area contributed by atoms with Crippen LogP contribution in [0.2, 0.25) is 0 Å². The lowest BCUT2D eigenvalue weighted by Gasteiger charge is -2.39. The molecule has 0 aromatic heterocycles. The smallest absolute Gasteiger partial charge is 0.251 e. The number of amides is 2. The van der Waals surface area contributed by atoms with Crippen LogP contribution >= 0.6 is 0 Å². The number of rotatable bonds is 2. The molecule has 1 heterocycles. The Bertz CT molecular complexity index is 539. The first-order valence-corrected chi connectivity index (χ1v) is 7.16. The SMILES string of the molecule is CCNC(=O)c1ccc2c(c1)C[C@@H](C)[C@H](C)N2C(C)=O. The average Bonchev–Trinajstić information content (AvgIpc) is 2.39. The van der Waals surface area contributed by atoms with E-state index in [4.69, 9.17) is 0 Å². The molecule has 0 spiro atoms. The molecule has 0 radical (unpaired) electrons. The first-order chi connectivity index (χ1) is 9.45. The maximum absolute atomic E-state index is 11.9. The van der Waals surface area contributed by atoms with Crippen LogP contribution in [0.1, 0.15) is 43.6 Å². The lowest BCUT2D eigenvalue weighted by molar-refractivity contribution is -0.117. The third kappa shape index (κ3) is 2.55. The number of carbonyl (C=O) groups excluding carboxylic acids is 2. The van der Waals surface area contributed by atoms with E-state index in [0.29, 0.717) is 18.0 Å². The molecule has 1 aromatic rings. The molecule has 108 valence electrons. The Morgan fingerprint density at radius 3 is 2.65 bits per heavy atom. The summed E-state index contributed by atoms with van der Waals surface area (Å²) in [6.45, 7) is 8.32. The highest BCUT2D eigenvalue weighted by molar-refractivity contribution is 5.97. The van der Waals surface area contributed by atoms with Gasteiger partial charge in [-0.2, -0.15) is 0 Å². The molecule has 0 unspecified atom stereocenters. The summed E-state index contributed by atoms with van der Waals surface area (Å²) in [5.41, 5.74) is 2.68. The van der Waals surface area contributed by atoms with Gasteiger partial charge in [0.15, 0.2) is 0 Å². The van der Waals surface area contributed by atoms with Gasteiger partial charge in [-0.15, -0.1) is 0 Å². The van der Waals surface area contributed by atoms with Gasteiger partial charge in [-0.1, -0.05) is 6.92 Å². The quantitative estimate of drug-likeness (QED) is 0.900. The predicted molar refractivity (Wildman–Crippen MR) is 79.9 cm³/mol. The summed E-state index contributed by atoms with van der Waals surface area (Å²) < 4.78 is 0. The zero-order valence-electron chi connectivity index (χ0n) is 12.6. The monoisotopic (exact) mass is 274 g/mol. The second kappa shape index (κ2) is 5.65. The molecule has 1 aliphatic heterocycles. The molecule has 0 aliphatic carbocycles. The summed E-state index contributed by atoms with van der Waals surface area (Å²) in [5, 5.41) is 2.80. The number of benzene rings is 1. The van der Waals surface area contributed by atoms with Gasteiger partial charge >= 0.3 is 0 Å². The summed E-state index contributed by atoms with van der Waals surface area (Å²) in [6, 6.07) is 5.79. The van der Waals surface area contributed by atoms with Crippen molar-refractivity contribution in [2.45, 2.75) is 40.2 Å². The van der Waals surface area contributed by atoms with Crippen LogP contribution in [-0.2, 0) is 11.2 Å². The molecular weight excluding hydrogens is 252 g/mol. The van der Waals surface area contributed by atoms with Crippen molar-refractivity contribution in [1.82, 2.24) is 5.32 Å². The Kier molecular flexibility index (Phi) is 4.12. The second-order valence-corrected chi connectivity index (χ2v) is 5.51. The van der Waals surface area contributed by atoms with Gasteiger partial charge in [-0.05, 0) is 49.9 Å². The predicted octanol–water partition coefficient (Wildman–Crippen LogP) is 2.37. The maximum Gasteiger partial charge on any atom is 0.251 e. The molecule has 1 N–H and O–H groups in total. The van der Waals surface area contributed by atoms with Gasteiger partial charge in [0, 0.05) is 30.8 Å². The fourth-order valence-electron chi connectivity index (χ4n) is 2.84. The minimum atomic E-state index is -0.0593. The Balaban J connectivity index is 2.41. The van der Waals surface area contributed by atoms with Crippen molar-refractivity contribution < 1.29 is 9.59 Å². The molecule has 2 rings (SSSR count). The van der Waals surface area contributed by atoms with Crippen molar-refractivity contribution >= 4 is 17.5 Å².